The fourth-order valence-electron chi connectivity index (χ4n) is 0.718. The van der Waals surface area contributed by atoms with E-state index in [4.69, 9.17) is 9.11 Å². The zero-order chi connectivity index (χ0) is 12.7. The van der Waals surface area contributed by atoms with Crippen molar-refractivity contribution in [1.82, 2.24) is 0 Å². The van der Waals surface area contributed by atoms with E-state index in [2.05, 4.69) is 0 Å². The average Bonchev–Trinajstić information content (AvgIpc) is 2.06. The summed E-state index contributed by atoms with van der Waals surface area (Å²) < 4.78 is 58.1. The fourth-order valence-corrected chi connectivity index (χ4v) is 4.28. The molecule has 0 atom stereocenters. The predicted octanol–water partition coefficient (Wildman–Crippen LogP) is -0.373. The van der Waals surface area contributed by atoms with Crippen molar-refractivity contribution >= 4 is 101 Å². The molecule has 0 aromatic rings. The van der Waals surface area contributed by atoms with E-state index in [1.165, 1.54) is 21.6 Å². The molecule has 0 unspecified atom stereocenters. The SMILES string of the molecule is O=S(=O)(O)CCCSSCCCS(=O)(=O)O.[NaH].[NaH]. The Kier molecular flexibility index (Phi) is 18.7. The van der Waals surface area contributed by atoms with Crippen molar-refractivity contribution < 1.29 is 25.9 Å². The Balaban J connectivity index is -0.00000112. The van der Waals surface area contributed by atoms with Gasteiger partial charge in [-0.1, -0.05) is 21.6 Å². The zero-order valence-electron chi connectivity index (χ0n) is 8.40. The molecule has 18 heavy (non-hydrogen) atoms. The van der Waals surface area contributed by atoms with Gasteiger partial charge in [-0.3, -0.25) is 9.11 Å². The molecule has 0 saturated heterocycles. The predicted molar refractivity (Wildman–Crippen MR) is 81.3 cm³/mol. The van der Waals surface area contributed by atoms with Gasteiger partial charge in [-0.25, -0.2) is 0 Å². The van der Waals surface area contributed by atoms with E-state index >= 15 is 0 Å². The van der Waals surface area contributed by atoms with Crippen LogP contribution in [0, 0.1) is 0 Å². The van der Waals surface area contributed by atoms with Gasteiger partial charge in [0.1, 0.15) is 0 Å². The molecule has 0 aliphatic carbocycles. The maximum atomic E-state index is 10.3. The molecule has 0 aliphatic heterocycles. The van der Waals surface area contributed by atoms with Crippen molar-refractivity contribution in [1.29, 1.82) is 0 Å². The summed E-state index contributed by atoms with van der Waals surface area (Å²) in [5, 5.41) is 0. The number of hydrogen-bond acceptors (Lipinski definition) is 6. The normalized spacial score (nSPS) is 11.4. The quantitative estimate of drug-likeness (QED) is 0.249. The van der Waals surface area contributed by atoms with Crippen LogP contribution < -0.4 is 0 Å². The molecule has 0 radical (unpaired) electrons. The summed E-state index contributed by atoms with van der Waals surface area (Å²) >= 11 is 0. The third-order valence-corrected chi connectivity index (χ3v) is 5.53. The topological polar surface area (TPSA) is 109 Å². The van der Waals surface area contributed by atoms with Crippen molar-refractivity contribution in [3.8, 4) is 0 Å². The monoisotopic (exact) mass is 358 g/mol. The summed E-state index contributed by atoms with van der Waals surface area (Å²) in [4.78, 5) is 0. The molecule has 2 N–H and O–H groups in total. The van der Waals surface area contributed by atoms with Gasteiger partial charge in [0.2, 0.25) is 0 Å². The molecular weight excluding hydrogens is 342 g/mol. The van der Waals surface area contributed by atoms with E-state index in [1.807, 2.05) is 0 Å². The summed E-state index contributed by atoms with van der Waals surface area (Å²) in [5.74, 6) is 0.615. The Labute approximate surface area is 160 Å². The molecule has 0 aromatic carbocycles. The van der Waals surface area contributed by atoms with Crippen LogP contribution in [0.2, 0.25) is 0 Å². The van der Waals surface area contributed by atoms with Gasteiger partial charge >= 0.3 is 59.1 Å². The van der Waals surface area contributed by atoms with Crippen LogP contribution in [0.1, 0.15) is 12.8 Å². The van der Waals surface area contributed by atoms with Crippen molar-refractivity contribution in [2.45, 2.75) is 12.8 Å². The Bertz CT molecular complexity index is 343. The second kappa shape index (κ2) is 13.2. The van der Waals surface area contributed by atoms with Crippen molar-refractivity contribution in [2.24, 2.45) is 0 Å². The van der Waals surface area contributed by atoms with Crippen LogP contribution in [0.25, 0.3) is 0 Å². The first-order valence-corrected chi connectivity index (χ1v) is 10.1. The fraction of sp³-hybridized carbons (Fsp3) is 1.00. The molecule has 0 amide bonds. The standard InChI is InChI=1S/C6H14O6S4.2Na.2H/c7-15(8,9)5-1-3-13-14-4-2-6-16(10,11)12;;;;/h1-6H2,(H,7,8,9)(H,10,11,12);;;;. The van der Waals surface area contributed by atoms with Crippen molar-refractivity contribution in [3.63, 3.8) is 0 Å². The van der Waals surface area contributed by atoms with Crippen molar-refractivity contribution in [3.05, 3.63) is 0 Å². The van der Waals surface area contributed by atoms with Crippen LogP contribution >= 0.6 is 21.6 Å². The van der Waals surface area contributed by atoms with Gasteiger partial charge in [0.05, 0.1) is 11.5 Å². The molecule has 0 spiro atoms. The zero-order valence-corrected chi connectivity index (χ0v) is 11.7. The second-order valence-corrected chi connectivity index (χ2v) is 8.77. The van der Waals surface area contributed by atoms with E-state index in [0.29, 0.717) is 24.3 Å². The minimum absolute atomic E-state index is 0. The van der Waals surface area contributed by atoms with Gasteiger partial charge in [-0.05, 0) is 12.8 Å². The van der Waals surface area contributed by atoms with Gasteiger partial charge in [0.15, 0.2) is 0 Å². The summed E-state index contributed by atoms with van der Waals surface area (Å²) in [7, 11) is -4.93. The second-order valence-electron chi connectivity index (χ2n) is 2.92. The minimum atomic E-state index is -3.88. The molecule has 0 aliphatic rings. The molecule has 0 bridgehead atoms. The van der Waals surface area contributed by atoms with E-state index in [-0.39, 0.29) is 70.6 Å². The molecule has 0 saturated carbocycles. The van der Waals surface area contributed by atoms with Crippen LogP contribution in [-0.2, 0) is 20.2 Å². The van der Waals surface area contributed by atoms with Crippen LogP contribution in [0.3, 0.4) is 0 Å². The van der Waals surface area contributed by atoms with Gasteiger partial charge < -0.3 is 0 Å². The molecule has 0 fully saturated rings. The third-order valence-electron chi connectivity index (χ3n) is 1.34. The van der Waals surface area contributed by atoms with Crippen molar-refractivity contribution in [2.75, 3.05) is 23.0 Å². The van der Waals surface area contributed by atoms with E-state index in [0.717, 1.165) is 0 Å². The van der Waals surface area contributed by atoms with E-state index in [9.17, 15) is 16.8 Å². The number of rotatable bonds is 9. The molecule has 12 heteroatoms. The first-order chi connectivity index (χ1) is 7.21. The van der Waals surface area contributed by atoms with Crippen LogP contribution in [0.5, 0.6) is 0 Å². The molecular formula is C6H16Na2O6S4. The van der Waals surface area contributed by atoms with Gasteiger partial charge in [-0.15, -0.1) is 0 Å². The maximum absolute atomic E-state index is 10.3. The van der Waals surface area contributed by atoms with Crippen LogP contribution in [-0.4, -0.2) is 108 Å². The summed E-state index contributed by atoms with van der Waals surface area (Å²) in [5.41, 5.74) is 0. The van der Waals surface area contributed by atoms with E-state index < -0.39 is 20.2 Å². The molecule has 0 aromatic heterocycles. The third kappa shape index (κ3) is 23.6. The molecule has 0 heterocycles. The van der Waals surface area contributed by atoms with Crippen LogP contribution in [0.4, 0.5) is 0 Å². The summed E-state index contributed by atoms with van der Waals surface area (Å²) in [6.07, 6.45) is 0.712. The summed E-state index contributed by atoms with van der Waals surface area (Å²) in [6, 6.07) is 0. The van der Waals surface area contributed by atoms with Gasteiger partial charge in [0, 0.05) is 11.5 Å². The Hall–Kier alpha value is 2.52. The number of hydrogen-bond donors (Lipinski definition) is 2. The Morgan fingerprint density at radius 3 is 1.22 bits per heavy atom. The molecule has 6 nitrogen and oxygen atoms in total. The Morgan fingerprint density at radius 1 is 0.722 bits per heavy atom. The first kappa shape index (κ1) is 25.5. The Morgan fingerprint density at radius 2 is 1.00 bits per heavy atom. The molecule has 102 valence electrons. The molecule has 0 rings (SSSR count). The van der Waals surface area contributed by atoms with E-state index in [1.54, 1.807) is 0 Å². The first-order valence-electron chi connectivity index (χ1n) is 4.35. The van der Waals surface area contributed by atoms with Gasteiger partial charge in [-0.2, -0.15) is 16.8 Å². The van der Waals surface area contributed by atoms with Gasteiger partial charge in [0.25, 0.3) is 20.2 Å². The average molecular weight is 358 g/mol. The summed E-state index contributed by atoms with van der Waals surface area (Å²) in [6.45, 7) is 0. The van der Waals surface area contributed by atoms with Crippen LogP contribution in [0.15, 0.2) is 0 Å².